The Morgan fingerprint density at radius 1 is 1.05 bits per heavy atom. The number of amides is 3. The second-order valence-corrected chi connectivity index (χ2v) is 11.4. The van der Waals surface area contributed by atoms with Crippen LogP contribution < -0.4 is 21.5 Å². The summed E-state index contributed by atoms with van der Waals surface area (Å²) >= 11 is 0. The number of benzene rings is 2. The number of aryl methyl sites for hydroxylation is 1. The zero-order valence-corrected chi connectivity index (χ0v) is 25.8. The minimum atomic E-state index is -1.55. The molecule has 2 aromatic carbocycles. The summed E-state index contributed by atoms with van der Waals surface area (Å²) in [6, 6.07) is 15.4. The Balaban J connectivity index is 2.02. The number of carbonyl (C=O) groups excluding carboxylic acids is 3. The molecular weight excluding hydrogens is 544 g/mol. The molecule has 0 saturated heterocycles. The zero-order chi connectivity index (χ0) is 31.6. The van der Waals surface area contributed by atoms with Gasteiger partial charge in [-0.25, -0.2) is 0 Å². The van der Waals surface area contributed by atoms with Crippen LogP contribution in [-0.2, 0) is 27.3 Å². The molecule has 1 aliphatic carbocycles. The first-order chi connectivity index (χ1) is 20.5. The molecular formula is C34H46N4O5. The molecule has 1 unspecified atom stereocenters. The summed E-state index contributed by atoms with van der Waals surface area (Å²) in [4.78, 5) is 41.6. The number of rotatable bonds is 16. The lowest BCUT2D eigenvalue weighted by atomic mass is 9.63. The summed E-state index contributed by atoms with van der Waals surface area (Å²) in [6.07, 6.45) is 3.62. The topological polar surface area (TPSA) is 148 Å². The van der Waals surface area contributed by atoms with Crippen LogP contribution in [0.4, 0.5) is 0 Å². The van der Waals surface area contributed by atoms with E-state index in [-0.39, 0.29) is 36.4 Å². The average Bonchev–Trinajstić information content (AvgIpc) is 2.99. The summed E-state index contributed by atoms with van der Waals surface area (Å²) in [5, 5.41) is 15.0. The number of hydrogen-bond acceptors (Lipinski definition) is 6. The van der Waals surface area contributed by atoms with Crippen molar-refractivity contribution in [3.8, 4) is 5.75 Å². The molecule has 0 bridgehead atoms. The average molecular weight is 591 g/mol. The van der Waals surface area contributed by atoms with Crippen LogP contribution in [0.3, 0.4) is 0 Å². The Labute approximate surface area is 255 Å². The fraction of sp³-hybridized carbons (Fsp3) is 0.441. The monoisotopic (exact) mass is 590 g/mol. The van der Waals surface area contributed by atoms with Crippen molar-refractivity contribution in [2.24, 2.45) is 22.8 Å². The Bertz CT molecular complexity index is 1330. The van der Waals surface area contributed by atoms with Crippen molar-refractivity contribution in [1.82, 2.24) is 10.2 Å². The van der Waals surface area contributed by atoms with Crippen molar-refractivity contribution in [1.29, 1.82) is 0 Å². The van der Waals surface area contributed by atoms with Crippen molar-refractivity contribution in [3.63, 3.8) is 0 Å². The lowest BCUT2D eigenvalue weighted by Gasteiger charge is -2.42. The van der Waals surface area contributed by atoms with Crippen LogP contribution in [0.15, 0.2) is 71.8 Å². The summed E-state index contributed by atoms with van der Waals surface area (Å²) < 4.78 is 5.31. The SMILES string of the molecule is CCCN(CCC)C(=O)C1=CC(C(N)=O)=CC(C(N)=O)([C@@H](Cc2ccc(C)cc2)[C@H](O)CNCc2cccc(OC)c2)C1. The Kier molecular flexibility index (Phi) is 12.1. The normalized spacial score (nSPS) is 17.8. The molecule has 0 aliphatic heterocycles. The largest absolute Gasteiger partial charge is 0.497 e. The Morgan fingerprint density at radius 3 is 2.30 bits per heavy atom. The van der Waals surface area contributed by atoms with E-state index >= 15 is 0 Å². The summed E-state index contributed by atoms with van der Waals surface area (Å²) in [5.41, 5.74) is 13.6. The molecule has 9 heteroatoms. The smallest absolute Gasteiger partial charge is 0.249 e. The van der Waals surface area contributed by atoms with Gasteiger partial charge in [0.05, 0.1) is 18.6 Å². The van der Waals surface area contributed by atoms with Gasteiger partial charge in [0.25, 0.3) is 0 Å². The number of nitrogens with two attached hydrogens (primary N) is 2. The lowest BCUT2D eigenvalue weighted by molar-refractivity contribution is -0.132. The van der Waals surface area contributed by atoms with E-state index in [4.69, 9.17) is 16.2 Å². The number of hydrogen-bond donors (Lipinski definition) is 4. The third-order valence-corrected chi connectivity index (χ3v) is 8.04. The highest BCUT2D eigenvalue weighted by atomic mass is 16.5. The van der Waals surface area contributed by atoms with Crippen molar-refractivity contribution in [2.75, 3.05) is 26.7 Å². The minimum Gasteiger partial charge on any atom is -0.497 e. The van der Waals surface area contributed by atoms with E-state index in [1.807, 2.05) is 69.3 Å². The van der Waals surface area contributed by atoms with E-state index < -0.39 is 29.3 Å². The van der Waals surface area contributed by atoms with Gasteiger partial charge < -0.3 is 31.5 Å². The highest BCUT2D eigenvalue weighted by Crippen LogP contribution is 2.44. The lowest BCUT2D eigenvalue weighted by Crippen LogP contribution is -2.52. The number of aliphatic hydroxyl groups excluding tert-OH is 1. The van der Waals surface area contributed by atoms with Crippen LogP contribution in [0.1, 0.15) is 49.8 Å². The van der Waals surface area contributed by atoms with E-state index in [1.54, 1.807) is 12.0 Å². The number of nitrogens with one attached hydrogen (secondary N) is 1. The second-order valence-electron chi connectivity index (χ2n) is 11.4. The van der Waals surface area contributed by atoms with Crippen molar-refractivity contribution in [3.05, 3.63) is 88.5 Å². The Hall–Kier alpha value is -3.95. The fourth-order valence-corrected chi connectivity index (χ4v) is 5.77. The molecule has 1 aliphatic rings. The first kappa shape index (κ1) is 33.6. The van der Waals surface area contributed by atoms with E-state index in [0.29, 0.717) is 19.6 Å². The number of methoxy groups -OCH3 is 1. The molecule has 3 rings (SSSR count). The third-order valence-electron chi connectivity index (χ3n) is 8.04. The van der Waals surface area contributed by atoms with Gasteiger partial charge in [-0.2, -0.15) is 0 Å². The van der Waals surface area contributed by atoms with E-state index in [1.165, 1.54) is 12.2 Å². The molecule has 0 spiro atoms. The third kappa shape index (κ3) is 8.55. The number of carbonyl (C=O) groups is 3. The maximum absolute atomic E-state index is 13.8. The molecule has 0 saturated carbocycles. The molecule has 0 heterocycles. The molecule has 232 valence electrons. The van der Waals surface area contributed by atoms with E-state index in [9.17, 15) is 19.5 Å². The van der Waals surface area contributed by atoms with Gasteiger partial charge in [0.1, 0.15) is 5.75 Å². The minimum absolute atomic E-state index is 0.0341. The van der Waals surface area contributed by atoms with Crippen LogP contribution in [0.25, 0.3) is 0 Å². The molecule has 0 aromatic heterocycles. The van der Waals surface area contributed by atoms with Crippen LogP contribution in [-0.4, -0.2) is 60.6 Å². The molecule has 9 nitrogen and oxygen atoms in total. The van der Waals surface area contributed by atoms with Gasteiger partial charge in [-0.05, 0) is 61.9 Å². The summed E-state index contributed by atoms with van der Waals surface area (Å²) in [7, 11) is 1.60. The molecule has 6 N–H and O–H groups in total. The molecule has 43 heavy (non-hydrogen) atoms. The highest BCUT2D eigenvalue weighted by molar-refractivity contribution is 6.03. The first-order valence-electron chi connectivity index (χ1n) is 14.9. The highest BCUT2D eigenvalue weighted by Gasteiger charge is 2.49. The van der Waals surface area contributed by atoms with Gasteiger partial charge in [0.15, 0.2) is 0 Å². The van der Waals surface area contributed by atoms with E-state index in [0.717, 1.165) is 35.3 Å². The summed E-state index contributed by atoms with van der Waals surface area (Å²) in [5.74, 6) is -1.82. The molecule has 0 radical (unpaired) electrons. The van der Waals surface area contributed by atoms with Crippen molar-refractivity contribution >= 4 is 17.7 Å². The van der Waals surface area contributed by atoms with Crippen LogP contribution >= 0.6 is 0 Å². The maximum atomic E-state index is 13.8. The second kappa shape index (κ2) is 15.5. The number of nitrogens with zero attached hydrogens (tertiary/aromatic N) is 1. The predicted octanol–water partition coefficient (Wildman–Crippen LogP) is 3.18. The van der Waals surface area contributed by atoms with Gasteiger partial charge in [0.2, 0.25) is 17.7 Å². The number of ether oxygens (including phenoxy) is 1. The first-order valence-corrected chi connectivity index (χ1v) is 14.9. The van der Waals surface area contributed by atoms with Crippen LogP contribution in [0, 0.1) is 18.3 Å². The quantitative estimate of drug-likeness (QED) is 0.236. The predicted molar refractivity (Wildman–Crippen MR) is 168 cm³/mol. The van der Waals surface area contributed by atoms with Crippen LogP contribution in [0.2, 0.25) is 0 Å². The van der Waals surface area contributed by atoms with Crippen LogP contribution in [0.5, 0.6) is 5.75 Å². The summed E-state index contributed by atoms with van der Waals surface area (Å²) in [6.45, 7) is 7.60. The van der Waals surface area contributed by atoms with E-state index in [2.05, 4.69) is 5.32 Å². The molecule has 0 fully saturated rings. The van der Waals surface area contributed by atoms with Gasteiger partial charge in [-0.1, -0.05) is 61.9 Å². The Morgan fingerprint density at radius 2 is 1.72 bits per heavy atom. The molecule has 3 atom stereocenters. The van der Waals surface area contributed by atoms with Crippen molar-refractivity contribution in [2.45, 2.75) is 59.1 Å². The molecule has 2 aromatic rings. The van der Waals surface area contributed by atoms with Gasteiger partial charge in [0, 0.05) is 43.2 Å². The number of aliphatic hydroxyl groups is 1. The van der Waals surface area contributed by atoms with Gasteiger partial charge >= 0.3 is 0 Å². The van der Waals surface area contributed by atoms with Gasteiger partial charge in [-0.3, -0.25) is 14.4 Å². The zero-order valence-electron chi connectivity index (χ0n) is 25.8. The maximum Gasteiger partial charge on any atom is 0.249 e. The standard InChI is InChI=1S/C34H46N4O5/c1-5-14-38(15-6-2)32(41)27-18-26(31(35)40)19-34(20-27,33(36)42)29(17-24-12-10-23(3)11-13-24)30(39)22-37-21-25-8-7-9-28(16-25)43-4/h7-13,16,18-19,29-30,37,39H,5-6,14-15,17,20-22H2,1-4H3,(H2,35,40)(H2,36,42)/t29-,30+,34?/m0/s1. The molecule has 3 amide bonds. The fourth-order valence-electron chi connectivity index (χ4n) is 5.77. The van der Waals surface area contributed by atoms with Gasteiger partial charge in [-0.15, -0.1) is 0 Å². The van der Waals surface area contributed by atoms with Crippen molar-refractivity contribution < 1.29 is 24.2 Å². The number of primary amides is 2.